The van der Waals surface area contributed by atoms with E-state index in [1.807, 2.05) is 0 Å². The van der Waals surface area contributed by atoms with Gasteiger partial charge in [0.05, 0.1) is 6.10 Å². The third-order valence-corrected chi connectivity index (χ3v) is 3.23. The van der Waals surface area contributed by atoms with Gasteiger partial charge in [-0.3, -0.25) is 0 Å². The molecule has 0 aromatic heterocycles. The van der Waals surface area contributed by atoms with Crippen LogP contribution >= 0.6 is 0 Å². The van der Waals surface area contributed by atoms with Crippen molar-refractivity contribution in [3.05, 3.63) is 12.2 Å². The van der Waals surface area contributed by atoms with Gasteiger partial charge in [-0.25, -0.2) is 0 Å². The zero-order valence-corrected chi connectivity index (χ0v) is 7.94. The first-order valence-electron chi connectivity index (χ1n) is 5.15. The molecule has 1 saturated heterocycles. The summed E-state index contributed by atoms with van der Waals surface area (Å²) in [7, 11) is 0. The quantitative estimate of drug-likeness (QED) is 0.463. The molecule has 2 fully saturated rings. The van der Waals surface area contributed by atoms with Crippen molar-refractivity contribution in [1.29, 1.82) is 0 Å². The van der Waals surface area contributed by atoms with Gasteiger partial charge in [-0.15, -0.1) is 0 Å². The third-order valence-electron chi connectivity index (χ3n) is 3.23. The van der Waals surface area contributed by atoms with Gasteiger partial charge >= 0.3 is 0 Å². The van der Waals surface area contributed by atoms with Crippen molar-refractivity contribution < 1.29 is 4.74 Å². The van der Waals surface area contributed by atoms with Crippen molar-refractivity contribution in [3.8, 4) is 0 Å². The van der Waals surface area contributed by atoms with E-state index in [0.29, 0.717) is 6.10 Å². The molecule has 1 heterocycles. The Balaban J connectivity index is 1.98. The predicted octanol–water partition coefficient (Wildman–Crippen LogP) is 3.05. The van der Waals surface area contributed by atoms with Crippen LogP contribution in [0.5, 0.6) is 0 Å². The fourth-order valence-electron chi connectivity index (χ4n) is 2.45. The number of fused-ring (bicyclic) bond motifs is 1. The monoisotopic (exact) mass is 166 g/mol. The Morgan fingerprint density at radius 3 is 3.08 bits per heavy atom. The molecule has 0 radical (unpaired) electrons. The zero-order chi connectivity index (χ0) is 8.60. The first-order chi connectivity index (χ1) is 5.79. The van der Waals surface area contributed by atoms with Crippen molar-refractivity contribution in [2.24, 2.45) is 0 Å². The standard InChI is InChI=1S/C11H18O/c1-3-6-9(2)11-8-5-4-7-10(11)12-11/h10H,2-8H2,1H3. The third kappa shape index (κ3) is 1.11. The first-order valence-corrected chi connectivity index (χ1v) is 5.15. The molecule has 1 heteroatoms. The molecule has 68 valence electrons. The average Bonchev–Trinajstić information content (AvgIpc) is 2.79. The van der Waals surface area contributed by atoms with E-state index in [1.54, 1.807) is 0 Å². The molecule has 12 heavy (non-hydrogen) atoms. The molecule has 0 amide bonds. The maximum atomic E-state index is 5.78. The van der Waals surface area contributed by atoms with Crippen LogP contribution in [0.25, 0.3) is 0 Å². The van der Waals surface area contributed by atoms with Crippen molar-refractivity contribution in [1.82, 2.24) is 0 Å². The number of ether oxygens (including phenoxy) is 1. The molecular weight excluding hydrogens is 148 g/mol. The summed E-state index contributed by atoms with van der Waals surface area (Å²) in [4.78, 5) is 0. The normalized spacial score (nSPS) is 38.9. The van der Waals surface area contributed by atoms with Crippen LogP contribution in [-0.4, -0.2) is 11.7 Å². The van der Waals surface area contributed by atoms with Gasteiger partial charge in [0.2, 0.25) is 0 Å². The zero-order valence-electron chi connectivity index (χ0n) is 7.94. The highest BCUT2D eigenvalue weighted by Gasteiger charge is 2.58. The molecule has 1 nitrogen and oxygen atoms in total. The largest absolute Gasteiger partial charge is 0.361 e. The summed E-state index contributed by atoms with van der Waals surface area (Å²) in [5.41, 5.74) is 1.52. The fraction of sp³-hybridized carbons (Fsp3) is 0.818. The van der Waals surface area contributed by atoms with Gasteiger partial charge in [0.1, 0.15) is 5.60 Å². The highest BCUT2D eigenvalue weighted by Crippen LogP contribution is 2.52. The van der Waals surface area contributed by atoms with Crippen LogP contribution in [0.1, 0.15) is 45.4 Å². The second-order valence-corrected chi connectivity index (χ2v) is 4.10. The lowest BCUT2D eigenvalue weighted by Crippen LogP contribution is -2.21. The van der Waals surface area contributed by atoms with E-state index >= 15 is 0 Å². The Bertz CT molecular complexity index is 197. The summed E-state index contributed by atoms with van der Waals surface area (Å²) in [6.07, 6.45) is 8.09. The van der Waals surface area contributed by atoms with Gasteiger partial charge in [-0.2, -0.15) is 0 Å². The maximum Gasteiger partial charge on any atom is 0.115 e. The minimum atomic E-state index is 0.161. The van der Waals surface area contributed by atoms with Crippen molar-refractivity contribution in [2.45, 2.75) is 57.2 Å². The number of hydrogen-bond donors (Lipinski definition) is 0. The van der Waals surface area contributed by atoms with Crippen molar-refractivity contribution >= 4 is 0 Å². The Labute approximate surface area is 74.8 Å². The van der Waals surface area contributed by atoms with E-state index in [9.17, 15) is 0 Å². The highest BCUT2D eigenvalue weighted by molar-refractivity contribution is 5.26. The SMILES string of the molecule is C=C(CCC)C12CCCCC1O2. The summed E-state index contributed by atoms with van der Waals surface area (Å²) in [5.74, 6) is 0. The Hall–Kier alpha value is -0.300. The van der Waals surface area contributed by atoms with Crippen LogP contribution in [0.15, 0.2) is 12.2 Å². The van der Waals surface area contributed by atoms with E-state index in [2.05, 4.69) is 13.5 Å². The molecule has 1 aliphatic carbocycles. The topological polar surface area (TPSA) is 12.5 Å². The van der Waals surface area contributed by atoms with Gasteiger partial charge in [0.15, 0.2) is 0 Å². The van der Waals surface area contributed by atoms with Crippen LogP contribution in [0.3, 0.4) is 0 Å². The molecule has 0 bridgehead atoms. The molecule has 2 rings (SSSR count). The van der Waals surface area contributed by atoms with Gasteiger partial charge in [0.25, 0.3) is 0 Å². The molecule has 0 spiro atoms. The number of rotatable bonds is 3. The van der Waals surface area contributed by atoms with Gasteiger partial charge in [-0.05, 0) is 24.8 Å². The summed E-state index contributed by atoms with van der Waals surface area (Å²) >= 11 is 0. The molecule has 0 N–H and O–H groups in total. The van der Waals surface area contributed by atoms with E-state index in [-0.39, 0.29) is 5.60 Å². The Kier molecular flexibility index (Phi) is 1.99. The molecule has 1 saturated carbocycles. The molecule has 0 aromatic carbocycles. The molecule has 1 aliphatic heterocycles. The molecule has 2 aliphatic rings. The van der Waals surface area contributed by atoms with E-state index < -0.39 is 0 Å². The Morgan fingerprint density at radius 2 is 2.42 bits per heavy atom. The van der Waals surface area contributed by atoms with Crippen LogP contribution in [0.2, 0.25) is 0 Å². The second-order valence-electron chi connectivity index (χ2n) is 4.10. The lowest BCUT2D eigenvalue weighted by molar-refractivity contribution is 0.313. The summed E-state index contributed by atoms with van der Waals surface area (Å²) in [6, 6.07) is 0. The first kappa shape index (κ1) is 8.31. The minimum Gasteiger partial charge on any atom is -0.361 e. The van der Waals surface area contributed by atoms with Crippen molar-refractivity contribution in [2.75, 3.05) is 0 Å². The maximum absolute atomic E-state index is 5.78. The van der Waals surface area contributed by atoms with Gasteiger partial charge < -0.3 is 4.74 Å². The van der Waals surface area contributed by atoms with Crippen LogP contribution < -0.4 is 0 Å². The second kappa shape index (κ2) is 2.88. The number of hydrogen-bond acceptors (Lipinski definition) is 1. The van der Waals surface area contributed by atoms with E-state index in [0.717, 1.165) is 6.42 Å². The van der Waals surface area contributed by atoms with E-state index in [4.69, 9.17) is 4.74 Å². The fourth-order valence-corrected chi connectivity index (χ4v) is 2.45. The van der Waals surface area contributed by atoms with Crippen LogP contribution in [-0.2, 0) is 4.74 Å². The smallest absolute Gasteiger partial charge is 0.115 e. The van der Waals surface area contributed by atoms with E-state index in [1.165, 1.54) is 37.7 Å². The lowest BCUT2D eigenvalue weighted by atomic mass is 9.82. The summed E-state index contributed by atoms with van der Waals surface area (Å²) in [5, 5.41) is 0. The van der Waals surface area contributed by atoms with Crippen LogP contribution in [0.4, 0.5) is 0 Å². The molecule has 2 atom stereocenters. The van der Waals surface area contributed by atoms with Crippen molar-refractivity contribution in [3.63, 3.8) is 0 Å². The average molecular weight is 166 g/mol. The van der Waals surface area contributed by atoms with Gasteiger partial charge in [0, 0.05) is 0 Å². The Morgan fingerprint density at radius 1 is 1.58 bits per heavy atom. The van der Waals surface area contributed by atoms with Crippen LogP contribution in [0, 0.1) is 0 Å². The lowest BCUT2D eigenvalue weighted by Gasteiger charge is -2.19. The predicted molar refractivity (Wildman–Crippen MR) is 50.1 cm³/mol. The molecule has 2 unspecified atom stereocenters. The molecule has 0 aromatic rings. The highest BCUT2D eigenvalue weighted by atomic mass is 16.6. The van der Waals surface area contributed by atoms with Gasteiger partial charge in [-0.1, -0.05) is 32.8 Å². The molecular formula is C11H18O. The minimum absolute atomic E-state index is 0.161. The number of epoxide rings is 1. The summed E-state index contributed by atoms with van der Waals surface area (Å²) < 4.78 is 5.78. The summed E-state index contributed by atoms with van der Waals surface area (Å²) in [6.45, 7) is 6.37.